The van der Waals surface area contributed by atoms with Gasteiger partial charge in [0.1, 0.15) is 6.61 Å². The van der Waals surface area contributed by atoms with Crippen LogP contribution in [0.1, 0.15) is 15.9 Å². The summed E-state index contributed by atoms with van der Waals surface area (Å²) >= 11 is 3.39. The van der Waals surface area contributed by atoms with Crippen LogP contribution in [-0.4, -0.2) is 19.1 Å². The molecule has 1 heterocycles. The van der Waals surface area contributed by atoms with Gasteiger partial charge in [-0.1, -0.05) is 34.1 Å². The van der Waals surface area contributed by atoms with Crippen LogP contribution in [0.5, 0.6) is 5.75 Å². The normalized spacial score (nSPS) is 12.8. The van der Waals surface area contributed by atoms with Crippen LogP contribution in [0.4, 0.5) is 5.69 Å². The van der Waals surface area contributed by atoms with Crippen LogP contribution in [0, 0.1) is 0 Å². The van der Waals surface area contributed by atoms with E-state index < -0.39 is 0 Å². The van der Waals surface area contributed by atoms with Gasteiger partial charge in [0.05, 0.1) is 11.3 Å². The van der Waals surface area contributed by atoms with E-state index in [0.29, 0.717) is 24.5 Å². The Hall–Kier alpha value is -2.01. The highest BCUT2D eigenvalue weighted by Crippen LogP contribution is 2.31. The van der Waals surface area contributed by atoms with Gasteiger partial charge in [-0.2, -0.15) is 0 Å². The monoisotopic (exact) mass is 346 g/mol. The zero-order chi connectivity index (χ0) is 14.7. The molecule has 21 heavy (non-hydrogen) atoms. The van der Waals surface area contributed by atoms with Crippen LogP contribution >= 0.6 is 15.9 Å². The summed E-state index contributed by atoms with van der Waals surface area (Å²) in [4.78, 5) is 12.3. The molecule has 1 amide bonds. The van der Waals surface area contributed by atoms with Crippen molar-refractivity contribution in [3.8, 4) is 5.75 Å². The predicted octanol–water partition coefficient (Wildman–Crippen LogP) is 3.18. The maximum atomic E-state index is 12.3. The number of hydrogen-bond acceptors (Lipinski definition) is 3. The molecule has 0 radical (unpaired) electrons. The van der Waals surface area contributed by atoms with Crippen molar-refractivity contribution in [1.29, 1.82) is 0 Å². The van der Waals surface area contributed by atoms with E-state index in [1.54, 1.807) is 6.07 Å². The highest BCUT2D eigenvalue weighted by atomic mass is 79.9. The summed E-state index contributed by atoms with van der Waals surface area (Å²) < 4.78 is 6.64. The van der Waals surface area contributed by atoms with Crippen molar-refractivity contribution in [1.82, 2.24) is 5.32 Å². The third-order valence-electron chi connectivity index (χ3n) is 3.29. The summed E-state index contributed by atoms with van der Waals surface area (Å²) in [5.74, 6) is 0.510. The zero-order valence-corrected chi connectivity index (χ0v) is 12.9. The first-order chi connectivity index (χ1) is 10.2. The summed E-state index contributed by atoms with van der Waals surface area (Å²) in [6.07, 6.45) is 0. The number of amides is 1. The van der Waals surface area contributed by atoms with Gasteiger partial charge >= 0.3 is 0 Å². The molecule has 108 valence electrons. The quantitative estimate of drug-likeness (QED) is 0.897. The number of carbonyl (C=O) groups excluding carboxylic acids is 1. The first kappa shape index (κ1) is 13.9. The topological polar surface area (TPSA) is 50.4 Å². The fourth-order valence-electron chi connectivity index (χ4n) is 2.23. The van der Waals surface area contributed by atoms with Crippen LogP contribution in [0.2, 0.25) is 0 Å². The molecule has 0 atom stereocenters. The Morgan fingerprint density at radius 1 is 1.24 bits per heavy atom. The molecule has 0 saturated heterocycles. The number of nitrogens with one attached hydrogen (secondary N) is 2. The Morgan fingerprint density at radius 2 is 2.05 bits per heavy atom. The Bertz CT molecular complexity index is 656. The van der Waals surface area contributed by atoms with Gasteiger partial charge in [-0.3, -0.25) is 4.79 Å². The Balaban J connectivity index is 1.72. The van der Waals surface area contributed by atoms with Crippen molar-refractivity contribution in [3.63, 3.8) is 0 Å². The van der Waals surface area contributed by atoms with Gasteiger partial charge in [-0.05, 0) is 29.8 Å². The number of rotatable bonds is 3. The number of halogens is 1. The Morgan fingerprint density at radius 3 is 2.86 bits per heavy atom. The lowest BCUT2D eigenvalue weighted by molar-refractivity contribution is 0.0947. The predicted molar refractivity (Wildman–Crippen MR) is 85.7 cm³/mol. The van der Waals surface area contributed by atoms with Gasteiger partial charge in [-0.25, -0.2) is 0 Å². The van der Waals surface area contributed by atoms with E-state index in [-0.39, 0.29) is 5.91 Å². The average molecular weight is 347 g/mol. The smallest absolute Gasteiger partial charge is 0.255 e. The van der Waals surface area contributed by atoms with E-state index in [2.05, 4.69) is 26.6 Å². The van der Waals surface area contributed by atoms with Crippen molar-refractivity contribution < 1.29 is 9.53 Å². The average Bonchev–Trinajstić information content (AvgIpc) is 2.53. The standard InChI is InChI=1S/C16H15BrN2O2/c17-12-6-4-11(5-7-12)10-19-16(20)13-2-1-3-14-15(13)21-9-8-18-14/h1-7,18H,8-10H2,(H,19,20). The van der Waals surface area contributed by atoms with Gasteiger partial charge in [0, 0.05) is 17.6 Å². The van der Waals surface area contributed by atoms with E-state index in [0.717, 1.165) is 22.3 Å². The molecule has 2 aromatic rings. The van der Waals surface area contributed by atoms with E-state index in [1.165, 1.54) is 0 Å². The summed E-state index contributed by atoms with van der Waals surface area (Å²) in [6.45, 7) is 1.82. The molecule has 0 aromatic heterocycles. The second kappa shape index (κ2) is 6.18. The van der Waals surface area contributed by atoms with Crippen molar-refractivity contribution in [2.24, 2.45) is 0 Å². The summed E-state index contributed by atoms with van der Waals surface area (Å²) in [5, 5.41) is 6.15. The number of ether oxygens (including phenoxy) is 1. The highest BCUT2D eigenvalue weighted by Gasteiger charge is 2.18. The first-order valence-electron chi connectivity index (χ1n) is 6.76. The van der Waals surface area contributed by atoms with Crippen molar-refractivity contribution >= 4 is 27.5 Å². The molecule has 2 N–H and O–H groups in total. The minimum atomic E-state index is -0.126. The van der Waals surface area contributed by atoms with Crippen LogP contribution in [0.25, 0.3) is 0 Å². The molecule has 0 saturated carbocycles. The second-order valence-electron chi connectivity index (χ2n) is 4.77. The molecule has 0 bridgehead atoms. The summed E-state index contributed by atoms with van der Waals surface area (Å²) in [7, 11) is 0. The lowest BCUT2D eigenvalue weighted by atomic mass is 10.1. The van der Waals surface area contributed by atoms with Crippen molar-refractivity contribution in [2.45, 2.75) is 6.54 Å². The molecule has 4 nitrogen and oxygen atoms in total. The van der Waals surface area contributed by atoms with E-state index in [9.17, 15) is 4.79 Å². The molecular weight excluding hydrogens is 332 g/mol. The lowest BCUT2D eigenvalue weighted by Crippen LogP contribution is -2.26. The van der Waals surface area contributed by atoms with Crippen LogP contribution in [-0.2, 0) is 6.54 Å². The number of para-hydroxylation sites is 1. The van der Waals surface area contributed by atoms with Gasteiger partial charge in [0.25, 0.3) is 5.91 Å². The number of benzene rings is 2. The number of carbonyl (C=O) groups is 1. The van der Waals surface area contributed by atoms with Crippen molar-refractivity contribution in [3.05, 3.63) is 58.1 Å². The van der Waals surface area contributed by atoms with Crippen molar-refractivity contribution in [2.75, 3.05) is 18.5 Å². The van der Waals surface area contributed by atoms with Crippen LogP contribution in [0.3, 0.4) is 0 Å². The third kappa shape index (κ3) is 3.19. The molecule has 2 aromatic carbocycles. The summed E-state index contributed by atoms with van der Waals surface area (Å²) in [5.41, 5.74) is 2.49. The van der Waals surface area contributed by atoms with Gasteiger partial charge in [-0.15, -0.1) is 0 Å². The van der Waals surface area contributed by atoms with Gasteiger partial charge in [0.2, 0.25) is 0 Å². The van der Waals surface area contributed by atoms with E-state index >= 15 is 0 Å². The lowest BCUT2D eigenvalue weighted by Gasteiger charge is -2.21. The minimum Gasteiger partial charge on any atom is -0.489 e. The minimum absolute atomic E-state index is 0.126. The Labute approximate surface area is 131 Å². The first-order valence-corrected chi connectivity index (χ1v) is 7.55. The maximum absolute atomic E-state index is 12.3. The molecule has 0 fully saturated rings. The molecule has 1 aliphatic rings. The van der Waals surface area contributed by atoms with E-state index in [4.69, 9.17) is 4.74 Å². The largest absolute Gasteiger partial charge is 0.489 e. The Kier molecular flexibility index (Phi) is 4.10. The second-order valence-corrected chi connectivity index (χ2v) is 5.68. The van der Waals surface area contributed by atoms with Gasteiger partial charge in [0.15, 0.2) is 5.75 Å². The van der Waals surface area contributed by atoms with E-state index in [1.807, 2.05) is 36.4 Å². The highest BCUT2D eigenvalue weighted by molar-refractivity contribution is 9.10. The molecular formula is C16H15BrN2O2. The molecule has 0 aliphatic carbocycles. The number of anilines is 1. The fraction of sp³-hybridized carbons (Fsp3) is 0.188. The zero-order valence-electron chi connectivity index (χ0n) is 11.4. The SMILES string of the molecule is O=C(NCc1ccc(Br)cc1)c1cccc2c1OCCN2. The summed E-state index contributed by atoms with van der Waals surface area (Å²) in [6, 6.07) is 13.4. The third-order valence-corrected chi connectivity index (χ3v) is 3.82. The maximum Gasteiger partial charge on any atom is 0.255 e. The van der Waals surface area contributed by atoms with Gasteiger partial charge < -0.3 is 15.4 Å². The number of fused-ring (bicyclic) bond motifs is 1. The fourth-order valence-corrected chi connectivity index (χ4v) is 2.49. The van der Waals surface area contributed by atoms with Crippen LogP contribution in [0.15, 0.2) is 46.9 Å². The molecule has 5 heteroatoms. The molecule has 3 rings (SSSR count). The molecule has 0 spiro atoms. The van der Waals surface area contributed by atoms with Crippen LogP contribution < -0.4 is 15.4 Å². The molecule has 1 aliphatic heterocycles. The molecule has 0 unspecified atom stereocenters. The number of hydrogen-bond donors (Lipinski definition) is 2.